The van der Waals surface area contributed by atoms with Crippen molar-refractivity contribution in [3.05, 3.63) is 113 Å². The van der Waals surface area contributed by atoms with Crippen LogP contribution >= 0.6 is 28.1 Å². The Balaban J connectivity index is 1.66. The number of halogens is 4. The summed E-state index contributed by atoms with van der Waals surface area (Å²) >= 11 is 9.19. The molecule has 0 saturated carbocycles. The fourth-order valence-corrected chi connectivity index (χ4v) is 4.85. The van der Waals surface area contributed by atoms with Crippen molar-refractivity contribution in [3.8, 4) is 5.69 Å². The van der Waals surface area contributed by atoms with Crippen molar-refractivity contribution in [2.75, 3.05) is 4.90 Å². The fraction of sp³-hybridized carbons (Fsp3) is 0.120. The number of rotatable bonds is 4. The molecule has 2 atom stereocenters. The minimum Gasteiger partial charge on any atom is -0.351 e. The summed E-state index contributed by atoms with van der Waals surface area (Å²) in [6.45, 7) is 0. The monoisotopic (exact) mass is 542 g/mol. The smallest absolute Gasteiger partial charge is 0.351 e. The average molecular weight is 543 g/mol. The van der Waals surface area contributed by atoms with Gasteiger partial charge in [-0.25, -0.2) is 0 Å². The Bertz CT molecular complexity index is 1320. The second kappa shape index (κ2) is 8.88. The molecule has 34 heavy (non-hydrogen) atoms. The maximum absolute atomic E-state index is 13.4. The van der Waals surface area contributed by atoms with Gasteiger partial charge in [0.15, 0.2) is 5.11 Å². The molecule has 0 spiro atoms. The average Bonchev–Trinajstić information content (AvgIpc) is 3.44. The molecule has 0 radical (unpaired) electrons. The molecule has 4 aromatic rings. The lowest BCUT2D eigenvalue weighted by atomic mass is 10.0. The number of alkyl halides is 3. The third-order valence-corrected chi connectivity index (χ3v) is 6.58. The molecular weight excluding hydrogens is 525 g/mol. The highest BCUT2D eigenvalue weighted by molar-refractivity contribution is 9.10. The van der Waals surface area contributed by atoms with Gasteiger partial charge in [0.2, 0.25) is 0 Å². The number of aromatic nitrogens is 2. The molecule has 2 aromatic carbocycles. The summed E-state index contributed by atoms with van der Waals surface area (Å²) in [4.78, 5) is 6.52. The van der Waals surface area contributed by atoms with E-state index in [-0.39, 0.29) is 12.1 Å². The maximum atomic E-state index is 13.4. The zero-order valence-corrected chi connectivity index (χ0v) is 20.0. The number of anilines is 1. The van der Waals surface area contributed by atoms with E-state index in [0.717, 1.165) is 33.7 Å². The molecule has 1 aliphatic heterocycles. The SMILES string of the molecule is FC(F)(F)c1cccc(-n2cccc2C2C(c3ccccn3)NC(=S)N2c2ccc(Br)cc2)c1. The lowest BCUT2D eigenvalue weighted by molar-refractivity contribution is -0.137. The van der Waals surface area contributed by atoms with E-state index < -0.39 is 11.7 Å². The van der Waals surface area contributed by atoms with Crippen molar-refractivity contribution in [1.82, 2.24) is 14.9 Å². The molecule has 3 heterocycles. The highest BCUT2D eigenvalue weighted by Gasteiger charge is 2.42. The van der Waals surface area contributed by atoms with Crippen molar-refractivity contribution in [3.63, 3.8) is 0 Å². The molecule has 9 heteroatoms. The van der Waals surface area contributed by atoms with Crippen LogP contribution in [0.4, 0.5) is 18.9 Å². The Hall–Kier alpha value is -3.17. The van der Waals surface area contributed by atoms with Crippen molar-refractivity contribution in [2.45, 2.75) is 18.3 Å². The van der Waals surface area contributed by atoms with Crippen LogP contribution in [0.5, 0.6) is 0 Å². The summed E-state index contributed by atoms with van der Waals surface area (Å²) in [6.07, 6.45) is -0.952. The van der Waals surface area contributed by atoms with Crippen LogP contribution in [0.15, 0.2) is 95.7 Å². The van der Waals surface area contributed by atoms with Gasteiger partial charge in [-0.3, -0.25) is 4.98 Å². The summed E-state index contributed by atoms with van der Waals surface area (Å²) in [5.74, 6) is 0. The third kappa shape index (κ3) is 4.21. The molecular formula is C25H18BrF3N4S. The van der Waals surface area contributed by atoms with E-state index in [2.05, 4.69) is 26.2 Å². The van der Waals surface area contributed by atoms with Gasteiger partial charge < -0.3 is 14.8 Å². The summed E-state index contributed by atoms with van der Waals surface area (Å²) in [6, 6.07) is 21.8. The number of benzene rings is 2. The molecule has 1 fully saturated rings. The standard InChI is InChI=1S/C25H18BrF3N4S/c26-17-9-11-18(12-10-17)33-23(22(31-24(33)34)20-7-1-2-13-30-20)21-8-4-14-32(21)19-6-3-5-16(15-19)25(27,28)29/h1-15,22-23H,(H,31,34). The molecule has 0 amide bonds. The molecule has 2 aromatic heterocycles. The van der Waals surface area contributed by atoms with Crippen LogP contribution in [-0.2, 0) is 6.18 Å². The molecule has 0 bridgehead atoms. The highest BCUT2D eigenvalue weighted by atomic mass is 79.9. The number of hydrogen-bond donors (Lipinski definition) is 1. The minimum atomic E-state index is -4.43. The number of pyridine rings is 1. The topological polar surface area (TPSA) is 33.1 Å². The van der Waals surface area contributed by atoms with Gasteiger partial charge in [-0.15, -0.1) is 0 Å². The third-order valence-electron chi connectivity index (χ3n) is 5.74. The van der Waals surface area contributed by atoms with Crippen LogP contribution in [0.3, 0.4) is 0 Å². The van der Waals surface area contributed by atoms with E-state index in [1.807, 2.05) is 59.5 Å². The number of nitrogens with one attached hydrogen (secondary N) is 1. The Morgan fingerprint density at radius 1 is 0.912 bits per heavy atom. The fourth-order valence-electron chi connectivity index (χ4n) is 4.24. The Kier molecular flexibility index (Phi) is 5.91. The van der Waals surface area contributed by atoms with Gasteiger partial charge in [0.05, 0.1) is 17.3 Å². The zero-order valence-electron chi connectivity index (χ0n) is 17.6. The minimum absolute atomic E-state index is 0.309. The molecule has 1 aliphatic rings. The largest absolute Gasteiger partial charge is 0.416 e. The lowest BCUT2D eigenvalue weighted by Crippen LogP contribution is -2.30. The predicted octanol–water partition coefficient (Wildman–Crippen LogP) is 6.83. The van der Waals surface area contributed by atoms with Crippen molar-refractivity contribution >= 4 is 38.9 Å². The molecule has 2 unspecified atom stereocenters. The van der Waals surface area contributed by atoms with Crippen LogP contribution in [0.2, 0.25) is 0 Å². The summed E-state index contributed by atoms with van der Waals surface area (Å²) in [5.41, 5.74) is 2.15. The van der Waals surface area contributed by atoms with Gasteiger partial charge in [-0.2, -0.15) is 13.2 Å². The highest BCUT2D eigenvalue weighted by Crippen LogP contribution is 2.42. The first kappa shape index (κ1) is 22.6. The molecule has 4 nitrogen and oxygen atoms in total. The second-order valence-electron chi connectivity index (χ2n) is 7.82. The van der Waals surface area contributed by atoms with Crippen LogP contribution in [0, 0.1) is 0 Å². The molecule has 1 saturated heterocycles. The first-order valence-corrected chi connectivity index (χ1v) is 11.6. The van der Waals surface area contributed by atoms with Crippen LogP contribution < -0.4 is 10.2 Å². The number of hydrogen-bond acceptors (Lipinski definition) is 2. The molecule has 0 aliphatic carbocycles. The number of nitrogens with zero attached hydrogens (tertiary/aromatic N) is 3. The van der Waals surface area contributed by atoms with Gasteiger partial charge in [0.25, 0.3) is 0 Å². The van der Waals surface area contributed by atoms with E-state index >= 15 is 0 Å². The van der Waals surface area contributed by atoms with Crippen LogP contribution in [0.25, 0.3) is 5.69 Å². The van der Waals surface area contributed by atoms with Gasteiger partial charge >= 0.3 is 6.18 Å². The van der Waals surface area contributed by atoms with E-state index in [4.69, 9.17) is 12.2 Å². The van der Waals surface area contributed by atoms with Crippen LogP contribution in [-0.4, -0.2) is 14.7 Å². The Labute approximate surface area is 208 Å². The van der Waals surface area contributed by atoms with E-state index in [9.17, 15) is 13.2 Å². The Morgan fingerprint density at radius 2 is 1.71 bits per heavy atom. The maximum Gasteiger partial charge on any atom is 0.416 e. The van der Waals surface area contributed by atoms with Gasteiger partial charge in [-0.05, 0) is 78.9 Å². The molecule has 1 N–H and O–H groups in total. The summed E-state index contributed by atoms with van der Waals surface area (Å²) < 4.78 is 42.9. The first-order chi connectivity index (χ1) is 16.3. The van der Waals surface area contributed by atoms with Crippen molar-refractivity contribution < 1.29 is 13.2 Å². The van der Waals surface area contributed by atoms with E-state index in [0.29, 0.717) is 10.8 Å². The normalized spacial score (nSPS) is 18.2. The van der Waals surface area contributed by atoms with Gasteiger partial charge in [0, 0.05) is 33.9 Å². The van der Waals surface area contributed by atoms with Crippen LogP contribution in [0.1, 0.15) is 29.0 Å². The molecule has 5 rings (SSSR count). The van der Waals surface area contributed by atoms with Gasteiger partial charge in [0.1, 0.15) is 6.04 Å². The number of thiocarbonyl (C=S) groups is 1. The quantitative estimate of drug-likeness (QED) is 0.286. The Morgan fingerprint density at radius 3 is 2.41 bits per heavy atom. The van der Waals surface area contributed by atoms with Crippen molar-refractivity contribution in [1.29, 1.82) is 0 Å². The summed E-state index contributed by atoms with van der Waals surface area (Å²) in [7, 11) is 0. The zero-order chi connectivity index (χ0) is 23.9. The molecule has 172 valence electrons. The van der Waals surface area contributed by atoms with E-state index in [1.54, 1.807) is 23.0 Å². The lowest BCUT2D eigenvalue weighted by Gasteiger charge is -2.29. The predicted molar refractivity (Wildman–Crippen MR) is 133 cm³/mol. The summed E-state index contributed by atoms with van der Waals surface area (Å²) in [5, 5.41) is 3.89. The van der Waals surface area contributed by atoms with Crippen molar-refractivity contribution in [2.24, 2.45) is 0 Å². The second-order valence-corrected chi connectivity index (χ2v) is 9.13. The van der Waals surface area contributed by atoms with Gasteiger partial charge in [-0.1, -0.05) is 28.1 Å². The first-order valence-electron chi connectivity index (χ1n) is 10.4. The van der Waals surface area contributed by atoms with E-state index in [1.165, 1.54) is 6.07 Å².